The highest BCUT2D eigenvalue weighted by Gasteiger charge is 2.51. The van der Waals surface area contributed by atoms with Gasteiger partial charge in [-0.3, -0.25) is 14.5 Å². The van der Waals surface area contributed by atoms with Crippen molar-refractivity contribution in [3.8, 4) is 23.3 Å². The van der Waals surface area contributed by atoms with Gasteiger partial charge in [0.25, 0.3) is 0 Å². The van der Waals surface area contributed by atoms with E-state index in [0.717, 1.165) is 37.7 Å². The number of nitrogens with one attached hydrogen (secondary N) is 2. The van der Waals surface area contributed by atoms with Crippen LogP contribution in [0, 0.1) is 17.8 Å². The van der Waals surface area contributed by atoms with Gasteiger partial charge in [0.15, 0.2) is 0 Å². The Labute approximate surface area is 258 Å². The van der Waals surface area contributed by atoms with Crippen LogP contribution in [0.2, 0.25) is 0 Å². The summed E-state index contributed by atoms with van der Waals surface area (Å²) in [7, 11) is 0. The van der Waals surface area contributed by atoms with E-state index in [1.165, 1.54) is 12.1 Å². The van der Waals surface area contributed by atoms with Gasteiger partial charge in [0.2, 0.25) is 11.8 Å². The Balaban J connectivity index is 0.00000423. The van der Waals surface area contributed by atoms with Crippen LogP contribution in [0.15, 0.2) is 48.5 Å². The lowest BCUT2D eigenvalue weighted by Gasteiger charge is -2.47. The number of benzene rings is 2. The zero-order chi connectivity index (χ0) is 29.7. The van der Waals surface area contributed by atoms with Crippen molar-refractivity contribution in [1.82, 2.24) is 15.5 Å². The number of amides is 2. The molecule has 1 spiro atoms. The number of halogens is 1. The van der Waals surface area contributed by atoms with E-state index in [4.69, 9.17) is 9.84 Å². The van der Waals surface area contributed by atoms with E-state index in [9.17, 15) is 19.5 Å². The lowest BCUT2D eigenvalue weighted by molar-refractivity contribution is -0.148. The summed E-state index contributed by atoms with van der Waals surface area (Å²) in [6.45, 7) is 3.02. The predicted octanol–water partition coefficient (Wildman–Crippen LogP) is 4.44. The number of carbonyl (C=O) groups excluding carboxylic acids is 2. The summed E-state index contributed by atoms with van der Waals surface area (Å²) in [5.41, 5.74) is 0.295. The maximum atomic E-state index is 13.4. The van der Waals surface area contributed by atoms with Gasteiger partial charge in [-0.05, 0) is 80.5 Å². The second-order valence-electron chi connectivity index (χ2n) is 11.6. The maximum absolute atomic E-state index is 13.4. The first-order valence-corrected chi connectivity index (χ1v) is 14.9. The summed E-state index contributed by atoms with van der Waals surface area (Å²) >= 11 is 0. The second kappa shape index (κ2) is 14.3. The molecule has 0 aromatic heterocycles. The van der Waals surface area contributed by atoms with Crippen LogP contribution in [-0.2, 0) is 9.59 Å². The zero-order valence-electron chi connectivity index (χ0n) is 24.4. The molecule has 230 valence electrons. The number of nitrogens with zero attached hydrogens (tertiary/aromatic N) is 1. The number of carbonyl (C=O) groups is 3. The van der Waals surface area contributed by atoms with Crippen LogP contribution in [0.3, 0.4) is 0 Å². The SMILES string of the molecule is CC#CCC(c1ccc(Oc2ccc(C(=O)O)cc2)cc1)N1CCC2(CC1)NC(=O)[C@@H]([C@H](O)C1CCCCC1)NC2=O.Cl. The molecule has 3 atom stereocenters. The third kappa shape index (κ3) is 7.32. The molecule has 2 amide bonds. The normalized spacial score (nSPS) is 21.8. The molecule has 10 heteroatoms. The zero-order valence-corrected chi connectivity index (χ0v) is 25.2. The molecule has 2 saturated heterocycles. The lowest BCUT2D eigenvalue weighted by atomic mass is 9.79. The summed E-state index contributed by atoms with van der Waals surface area (Å²) in [4.78, 5) is 39.9. The van der Waals surface area contributed by atoms with Crippen molar-refractivity contribution in [3.63, 3.8) is 0 Å². The molecular weight excluding hydrogens is 570 g/mol. The largest absolute Gasteiger partial charge is 0.478 e. The minimum absolute atomic E-state index is 0. The lowest BCUT2D eigenvalue weighted by Crippen LogP contribution is -2.74. The maximum Gasteiger partial charge on any atom is 0.335 e. The Kier molecular flexibility index (Phi) is 10.7. The van der Waals surface area contributed by atoms with Crippen molar-refractivity contribution in [2.75, 3.05) is 13.1 Å². The molecule has 4 N–H and O–H groups in total. The van der Waals surface area contributed by atoms with Crippen LogP contribution < -0.4 is 15.4 Å². The van der Waals surface area contributed by atoms with E-state index in [2.05, 4.69) is 27.4 Å². The smallest absolute Gasteiger partial charge is 0.335 e. The quantitative estimate of drug-likeness (QED) is 0.326. The van der Waals surface area contributed by atoms with Crippen molar-refractivity contribution in [2.24, 2.45) is 5.92 Å². The monoisotopic (exact) mass is 609 g/mol. The Morgan fingerprint density at radius 1 is 1.02 bits per heavy atom. The van der Waals surface area contributed by atoms with E-state index in [1.807, 2.05) is 31.2 Å². The van der Waals surface area contributed by atoms with Crippen molar-refractivity contribution < 1.29 is 29.3 Å². The Morgan fingerprint density at radius 3 is 2.21 bits per heavy atom. The fraction of sp³-hybridized carbons (Fsp3) is 0.485. The molecule has 3 aliphatic rings. The average Bonchev–Trinajstić information content (AvgIpc) is 3.01. The number of aliphatic hydroxyl groups excluding tert-OH is 1. The van der Waals surface area contributed by atoms with Gasteiger partial charge >= 0.3 is 5.97 Å². The number of rotatable bonds is 8. The van der Waals surface area contributed by atoms with Gasteiger partial charge in [0.1, 0.15) is 23.1 Å². The summed E-state index contributed by atoms with van der Waals surface area (Å²) in [6, 6.07) is 13.1. The Morgan fingerprint density at radius 2 is 1.63 bits per heavy atom. The highest BCUT2D eigenvalue weighted by Crippen LogP contribution is 2.35. The molecule has 43 heavy (non-hydrogen) atoms. The van der Waals surface area contributed by atoms with Crippen LogP contribution in [0.4, 0.5) is 0 Å². The topological polar surface area (TPSA) is 128 Å². The fourth-order valence-electron chi connectivity index (χ4n) is 6.49. The van der Waals surface area contributed by atoms with Gasteiger partial charge < -0.3 is 25.6 Å². The van der Waals surface area contributed by atoms with E-state index in [1.54, 1.807) is 12.1 Å². The van der Waals surface area contributed by atoms with Crippen molar-refractivity contribution in [3.05, 3.63) is 59.7 Å². The minimum atomic E-state index is -0.986. The first-order chi connectivity index (χ1) is 20.3. The number of likely N-dealkylation sites (tertiary alicyclic amines) is 1. The number of piperidine rings is 1. The minimum Gasteiger partial charge on any atom is -0.478 e. The van der Waals surface area contributed by atoms with Crippen LogP contribution in [0.25, 0.3) is 0 Å². The second-order valence-corrected chi connectivity index (χ2v) is 11.6. The molecule has 2 heterocycles. The summed E-state index contributed by atoms with van der Waals surface area (Å²) in [5, 5.41) is 25.9. The fourth-order valence-corrected chi connectivity index (χ4v) is 6.49. The average molecular weight is 610 g/mol. The van der Waals surface area contributed by atoms with Crippen LogP contribution in [-0.4, -0.2) is 63.7 Å². The highest BCUT2D eigenvalue weighted by molar-refractivity contribution is 6.00. The molecule has 1 unspecified atom stereocenters. The van der Waals surface area contributed by atoms with E-state index < -0.39 is 23.7 Å². The number of aliphatic hydroxyl groups is 1. The van der Waals surface area contributed by atoms with Crippen LogP contribution >= 0.6 is 12.4 Å². The Bertz CT molecular complexity index is 1340. The third-order valence-electron chi connectivity index (χ3n) is 9.01. The van der Waals surface area contributed by atoms with Crippen molar-refractivity contribution >= 4 is 30.2 Å². The number of aromatic carboxylic acids is 1. The number of carboxylic acid groups (broad SMARTS) is 1. The standard InChI is InChI=1S/C33H39N3O6.ClH/c1-2-3-9-27(22-10-14-25(15-11-22)42-26-16-12-24(13-17-26)31(39)40)36-20-18-33(19-21-36)32(41)34-28(30(38)35-33)29(37)23-7-5-4-6-8-23;/h10-17,23,27-29,37H,4-9,18-21H2,1H3,(H,34,41)(H,35,38)(H,39,40);1H/t27?,28-,29-;/m1./s1. The summed E-state index contributed by atoms with van der Waals surface area (Å²) in [6.07, 6.45) is 5.72. The number of ether oxygens (including phenoxy) is 1. The molecule has 5 rings (SSSR count). The number of hydrogen-bond acceptors (Lipinski definition) is 6. The summed E-state index contributed by atoms with van der Waals surface area (Å²) < 4.78 is 5.90. The van der Waals surface area contributed by atoms with Gasteiger partial charge in [0, 0.05) is 25.6 Å². The van der Waals surface area contributed by atoms with Crippen molar-refractivity contribution in [2.45, 2.75) is 82.0 Å². The van der Waals surface area contributed by atoms with Crippen molar-refractivity contribution in [1.29, 1.82) is 0 Å². The van der Waals surface area contributed by atoms with Gasteiger partial charge in [-0.1, -0.05) is 31.4 Å². The third-order valence-corrected chi connectivity index (χ3v) is 9.01. The molecule has 0 bridgehead atoms. The molecule has 2 aliphatic heterocycles. The van der Waals surface area contributed by atoms with E-state index in [0.29, 0.717) is 43.9 Å². The summed E-state index contributed by atoms with van der Waals surface area (Å²) in [5.74, 6) is 5.93. The predicted molar refractivity (Wildman–Crippen MR) is 164 cm³/mol. The number of carboxylic acids is 1. The van der Waals surface area contributed by atoms with Gasteiger partial charge in [-0.25, -0.2) is 4.79 Å². The molecule has 1 saturated carbocycles. The molecule has 0 radical (unpaired) electrons. The Hall–Kier alpha value is -3.58. The van der Waals surface area contributed by atoms with Gasteiger partial charge in [0.05, 0.1) is 11.7 Å². The molecule has 9 nitrogen and oxygen atoms in total. The number of hydrogen-bond donors (Lipinski definition) is 4. The van der Waals surface area contributed by atoms with Crippen LogP contribution in [0.5, 0.6) is 11.5 Å². The molecule has 2 aromatic rings. The van der Waals surface area contributed by atoms with Gasteiger partial charge in [-0.2, -0.15) is 0 Å². The molecule has 2 aromatic carbocycles. The highest BCUT2D eigenvalue weighted by atomic mass is 35.5. The molecule has 1 aliphatic carbocycles. The number of piperazine rings is 1. The van der Waals surface area contributed by atoms with Gasteiger partial charge in [-0.15, -0.1) is 24.2 Å². The van der Waals surface area contributed by atoms with Crippen LogP contribution in [0.1, 0.15) is 80.3 Å². The first-order valence-electron chi connectivity index (χ1n) is 14.9. The first kappa shape index (κ1) is 32.3. The van der Waals surface area contributed by atoms with E-state index in [-0.39, 0.29) is 41.7 Å². The molecular formula is C33H40ClN3O6. The molecule has 3 fully saturated rings. The van der Waals surface area contributed by atoms with E-state index >= 15 is 0 Å².